The summed E-state index contributed by atoms with van der Waals surface area (Å²) in [7, 11) is 0. The summed E-state index contributed by atoms with van der Waals surface area (Å²) in [6.45, 7) is 0. The quantitative estimate of drug-likeness (QED) is 0.659. The second kappa shape index (κ2) is 3.94. The van der Waals surface area contributed by atoms with E-state index in [1.807, 2.05) is 36.4 Å². The minimum absolute atomic E-state index is 1.02. The van der Waals surface area contributed by atoms with E-state index in [9.17, 15) is 0 Å². The highest BCUT2D eigenvalue weighted by Crippen LogP contribution is 2.23. The Labute approximate surface area is 96.9 Å². The molecule has 0 spiro atoms. The molecule has 0 amide bonds. The maximum Gasteiger partial charge on any atom is 0.117 e. The molecule has 16 heavy (non-hydrogen) atoms. The SMILES string of the molecule is C(=C\c1nc2ccccc2s1)/c1ccoc1. The summed E-state index contributed by atoms with van der Waals surface area (Å²) in [5.41, 5.74) is 2.11. The zero-order valence-corrected chi connectivity index (χ0v) is 9.28. The lowest BCUT2D eigenvalue weighted by atomic mass is 10.3. The monoisotopic (exact) mass is 227 g/mol. The molecule has 0 aliphatic carbocycles. The van der Waals surface area contributed by atoms with Crippen LogP contribution < -0.4 is 0 Å². The average Bonchev–Trinajstić information content (AvgIpc) is 2.95. The third-order valence-electron chi connectivity index (χ3n) is 2.27. The molecule has 0 aliphatic heterocycles. The van der Waals surface area contributed by atoms with Gasteiger partial charge in [0.1, 0.15) is 5.01 Å². The zero-order valence-electron chi connectivity index (χ0n) is 8.46. The number of nitrogens with zero attached hydrogens (tertiary/aromatic N) is 1. The van der Waals surface area contributed by atoms with E-state index in [0.29, 0.717) is 0 Å². The number of fused-ring (bicyclic) bond motifs is 1. The van der Waals surface area contributed by atoms with Gasteiger partial charge in [-0.1, -0.05) is 12.1 Å². The molecule has 2 heterocycles. The number of hydrogen-bond acceptors (Lipinski definition) is 3. The van der Waals surface area contributed by atoms with E-state index in [1.54, 1.807) is 23.9 Å². The molecule has 3 heteroatoms. The van der Waals surface area contributed by atoms with Crippen LogP contribution in [0.3, 0.4) is 0 Å². The second-order valence-corrected chi connectivity index (χ2v) is 4.47. The Bertz CT molecular complexity index is 589. The van der Waals surface area contributed by atoms with Crippen LogP contribution in [-0.4, -0.2) is 4.98 Å². The van der Waals surface area contributed by atoms with Gasteiger partial charge in [-0.25, -0.2) is 4.98 Å². The van der Waals surface area contributed by atoms with Crippen LogP contribution in [0, 0.1) is 0 Å². The van der Waals surface area contributed by atoms with Crippen molar-refractivity contribution in [3.63, 3.8) is 0 Å². The summed E-state index contributed by atoms with van der Waals surface area (Å²) in [6, 6.07) is 10.1. The Morgan fingerprint density at radius 2 is 2.06 bits per heavy atom. The molecule has 3 rings (SSSR count). The maximum absolute atomic E-state index is 4.99. The van der Waals surface area contributed by atoms with Gasteiger partial charge in [-0.2, -0.15) is 0 Å². The summed E-state index contributed by atoms with van der Waals surface area (Å²) in [5, 5.41) is 1.02. The molecule has 0 unspecified atom stereocenters. The van der Waals surface area contributed by atoms with Gasteiger partial charge in [0.15, 0.2) is 0 Å². The summed E-state index contributed by atoms with van der Waals surface area (Å²) >= 11 is 1.69. The summed E-state index contributed by atoms with van der Waals surface area (Å²) in [5.74, 6) is 0. The molecule has 0 bridgehead atoms. The van der Waals surface area contributed by atoms with Gasteiger partial charge in [0.25, 0.3) is 0 Å². The highest BCUT2D eigenvalue weighted by Gasteiger charge is 1.99. The average molecular weight is 227 g/mol. The first-order valence-corrected chi connectivity index (χ1v) is 5.79. The van der Waals surface area contributed by atoms with Crippen LogP contribution in [0.15, 0.2) is 47.3 Å². The van der Waals surface area contributed by atoms with Crippen molar-refractivity contribution in [1.82, 2.24) is 4.98 Å². The molecular formula is C13H9NOS. The van der Waals surface area contributed by atoms with Crippen molar-refractivity contribution >= 4 is 33.7 Å². The Hall–Kier alpha value is -1.87. The van der Waals surface area contributed by atoms with E-state index in [0.717, 1.165) is 16.1 Å². The highest BCUT2D eigenvalue weighted by molar-refractivity contribution is 7.19. The van der Waals surface area contributed by atoms with Crippen molar-refractivity contribution in [3.05, 3.63) is 53.4 Å². The first-order valence-electron chi connectivity index (χ1n) is 4.98. The van der Waals surface area contributed by atoms with Gasteiger partial charge in [0, 0.05) is 5.56 Å². The van der Waals surface area contributed by atoms with Crippen molar-refractivity contribution in [2.45, 2.75) is 0 Å². The lowest BCUT2D eigenvalue weighted by Gasteiger charge is -1.81. The van der Waals surface area contributed by atoms with Crippen LogP contribution in [-0.2, 0) is 0 Å². The number of benzene rings is 1. The normalized spacial score (nSPS) is 11.5. The summed E-state index contributed by atoms with van der Waals surface area (Å²) in [4.78, 5) is 4.51. The number of aromatic nitrogens is 1. The molecule has 2 aromatic heterocycles. The smallest absolute Gasteiger partial charge is 0.117 e. The predicted molar refractivity (Wildman–Crippen MR) is 67.3 cm³/mol. The van der Waals surface area contributed by atoms with Crippen molar-refractivity contribution < 1.29 is 4.42 Å². The molecule has 2 nitrogen and oxygen atoms in total. The van der Waals surface area contributed by atoms with Crippen LogP contribution >= 0.6 is 11.3 Å². The molecule has 0 atom stereocenters. The van der Waals surface area contributed by atoms with Crippen LogP contribution in [0.1, 0.15) is 10.6 Å². The lowest BCUT2D eigenvalue weighted by molar-refractivity contribution is 0.567. The number of thiazole rings is 1. The van der Waals surface area contributed by atoms with E-state index in [2.05, 4.69) is 11.1 Å². The Morgan fingerprint density at radius 1 is 1.12 bits per heavy atom. The van der Waals surface area contributed by atoms with E-state index >= 15 is 0 Å². The molecule has 0 fully saturated rings. The van der Waals surface area contributed by atoms with Gasteiger partial charge in [-0.05, 0) is 30.4 Å². The van der Waals surface area contributed by atoms with Crippen LogP contribution in [0.2, 0.25) is 0 Å². The van der Waals surface area contributed by atoms with E-state index in [1.165, 1.54) is 4.70 Å². The number of furan rings is 1. The Morgan fingerprint density at radius 3 is 2.88 bits per heavy atom. The summed E-state index contributed by atoms with van der Waals surface area (Å²) < 4.78 is 6.21. The van der Waals surface area contributed by atoms with Crippen LogP contribution in [0.5, 0.6) is 0 Å². The van der Waals surface area contributed by atoms with Crippen molar-refractivity contribution in [2.24, 2.45) is 0 Å². The van der Waals surface area contributed by atoms with Gasteiger partial charge in [0.05, 0.1) is 22.7 Å². The zero-order chi connectivity index (χ0) is 10.8. The summed E-state index contributed by atoms with van der Waals surface area (Å²) in [6.07, 6.45) is 7.39. The van der Waals surface area contributed by atoms with Gasteiger partial charge in [-0.3, -0.25) is 0 Å². The minimum atomic E-state index is 1.02. The van der Waals surface area contributed by atoms with E-state index < -0.39 is 0 Å². The lowest BCUT2D eigenvalue weighted by Crippen LogP contribution is -1.67. The van der Waals surface area contributed by atoms with Gasteiger partial charge >= 0.3 is 0 Å². The predicted octanol–water partition coefficient (Wildman–Crippen LogP) is 4.06. The van der Waals surface area contributed by atoms with Crippen LogP contribution in [0.25, 0.3) is 22.4 Å². The molecular weight excluding hydrogens is 218 g/mol. The molecule has 3 aromatic rings. The van der Waals surface area contributed by atoms with Crippen LogP contribution in [0.4, 0.5) is 0 Å². The van der Waals surface area contributed by atoms with Gasteiger partial charge in [0.2, 0.25) is 0 Å². The van der Waals surface area contributed by atoms with Crippen molar-refractivity contribution in [3.8, 4) is 0 Å². The Balaban J connectivity index is 1.95. The van der Waals surface area contributed by atoms with Gasteiger partial charge < -0.3 is 4.42 Å². The second-order valence-electron chi connectivity index (χ2n) is 3.41. The highest BCUT2D eigenvalue weighted by atomic mass is 32.1. The van der Waals surface area contributed by atoms with Gasteiger partial charge in [-0.15, -0.1) is 11.3 Å². The number of hydrogen-bond donors (Lipinski definition) is 0. The van der Waals surface area contributed by atoms with Crippen molar-refractivity contribution in [1.29, 1.82) is 0 Å². The largest absolute Gasteiger partial charge is 0.472 e. The fourth-order valence-electron chi connectivity index (χ4n) is 1.50. The third kappa shape index (κ3) is 1.77. The fourth-order valence-corrected chi connectivity index (χ4v) is 2.37. The first-order chi connectivity index (χ1) is 7.92. The van der Waals surface area contributed by atoms with Crippen molar-refractivity contribution in [2.75, 3.05) is 0 Å². The Kier molecular flexibility index (Phi) is 2.31. The molecule has 0 N–H and O–H groups in total. The minimum Gasteiger partial charge on any atom is -0.472 e. The third-order valence-corrected chi connectivity index (χ3v) is 3.27. The van der Waals surface area contributed by atoms with E-state index in [-0.39, 0.29) is 0 Å². The molecule has 0 aliphatic rings. The molecule has 0 saturated carbocycles. The molecule has 1 aromatic carbocycles. The van der Waals surface area contributed by atoms with E-state index in [4.69, 9.17) is 4.42 Å². The maximum atomic E-state index is 4.99. The topological polar surface area (TPSA) is 26.0 Å². The first kappa shape index (κ1) is 9.36. The molecule has 78 valence electrons. The fraction of sp³-hybridized carbons (Fsp3) is 0. The number of rotatable bonds is 2. The molecule has 0 saturated heterocycles. The standard InChI is InChI=1S/C13H9NOS/c1-2-4-12-11(3-1)14-13(16-12)6-5-10-7-8-15-9-10/h1-9H/b6-5+. The molecule has 0 radical (unpaired) electrons. The number of para-hydroxylation sites is 1.